The van der Waals surface area contributed by atoms with Crippen molar-refractivity contribution in [3.63, 3.8) is 0 Å². The van der Waals surface area contributed by atoms with Crippen LogP contribution in [0.2, 0.25) is 0 Å². The lowest BCUT2D eigenvalue weighted by molar-refractivity contribution is -0.127. The summed E-state index contributed by atoms with van der Waals surface area (Å²) in [5.74, 6) is 0.593. The molecule has 1 unspecified atom stereocenters. The molecular weight excluding hydrogens is 328 g/mol. The van der Waals surface area contributed by atoms with E-state index < -0.39 is 0 Å². The highest BCUT2D eigenvalue weighted by Crippen LogP contribution is 2.24. The molecule has 0 saturated carbocycles. The fourth-order valence-corrected chi connectivity index (χ4v) is 3.47. The molecule has 5 nitrogen and oxygen atoms in total. The van der Waals surface area contributed by atoms with Crippen LogP contribution in [0, 0.1) is 11.8 Å². The van der Waals surface area contributed by atoms with Crippen molar-refractivity contribution in [3.05, 3.63) is 60.1 Å². The average Bonchev–Trinajstić information content (AvgIpc) is 3.20. The van der Waals surface area contributed by atoms with Gasteiger partial charge in [0.15, 0.2) is 5.76 Å². The second-order valence-electron chi connectivity index (χ2n) is 7.18. The first-order valence-electron chi connectivity index (χ1n) is 9.24. The van der Waals surface area contributed by atoms with Gasteiger partial charge in [0.25, 0.3) is 5.91 Å². The number of piperidine rings is 1. The van der Waals surface area contributed by atoms with Gasteiger partial charge in [-0.1, -0.05) is 44.2 Å². The first-order valence-corrected chi connectivity index (χ1v) is 9.24. The van der Waals surface area contributed by atoms with Crippen LogP contribution in [0.3, 0.4) is 0 Å². The predicted molar refractivity (Wildman–Crippen MR) is 99.5 cm³/mol. The Morgan fingerprint density at radius 1 is 1.08 bits per heavy atom. The second-order valence-corrected chi connectivity index (χ2v) is 7.18. The van der Waals surface area contributed by atoms with E-state index in [0.29, 0.717) is 37.6 Å². The van der Waals surface area contributed by atoms with Crippen LogP contribution in [-0.2, 0) is 4.79 Å². The van der Waals surface area contributed by atoms with Crippen LogP contribution in [0.25, 0.3) is 0 Å². The maximum Gasteiger partial charge on any atom is 0.289 e. The Balaban J connectivity index is 1.57. The van der Waals surface area contributed by atoms with Gasteiger partial charge in [0, 0.05) is 19.0 Å². The molecule has 1 aromatic heterocycles. The molecule has 0 bridgehead atoms. The van der Waals surface area contributed by atoms with Crippen molar-refractivity contribution in [3.8, 4) is 0 Å². The van der Waals surface area contributed by atoms with Crippen molar-refractivity contribution in [1.29, 1.82) is 0 Å². The molecular formula is C21H26N2O3. The third kappa shape index (κ3) is 4.15. The third-order valence-corrected chi connectivity index (χ3v) is 5.01. The maximum absolute atomic E-state index is 12.8. The number of hydrogen-bond acceptors (Lipinski definition) is 3. The molecule has 1 saturated heterocycles. The quantitative estimate of drug-likeness (QED) is 0.891. The van der Waals surface area contributed by atoms with Crippen molar-refractivity contribution < 1.29 is 14.0 Å². The van der Waals surface area contributed by atoms with Crippen LogP contribution < -0.4 is 5.32 Å². The van der Waals surface area contributed by atoms with Crippen molar-refractivity contribution in [2.24, 2.45) is 11.8 Å². The Hall–Kier alpha value is -2.56. The minimum absolute atomic E-state index is 0.00600. The SMILES string of the molecule is CC(C)C(NC(=O)C1CCN(C(=O)c2ccco2)CC1)c1ccccc1. The third-order valence-electron chi connectivity index (χ3n) is 5.01. The zero-order chi connectivity index (χ0) is 18.5. The summed E-state index contributed by atoms with van der Waals surface area (Å²) in [5.41, 5.74) is 1.13. The molecule has 3 rings (SSSR count). The summed E-state index contributed by atoms with van der Waals surface area (Å²) in [5, 5.41) is 3.21. The van der Waals surface area contributed by atoms with E-state index in [9.17, 15) is 9.59 Å². The van der Waals surface area contributed by atoms with Crippen LogP contribution in [0.5, 0.6) is 0 Å². The van der Waals surface area contributed by atoms with Gasteiger partial charge in [-0.3, -0.25) is 9.59 Å². The van der Waals surface area contributed by atoms with E-state index >= 15 is 0 Å². The van der Waals surface area contributed by atoms with Gasteiger partial charge >= 0.3 is 0 Å². The molecule has 2 aromatic rings. The topological polar surface area (TPSA) is 62.6 Å². The molecule has 2 amide bonds. The van der Waals surface area contributed by atoms with E-state index in [1.54, 1.807) is 17.0 Å². The van der Waals surface area contributed by atoms with E-state index in [4.69, 9.17) is 4.42 Å². The number of nitrogens with zero attached hydrogens (tertiary/aromatic N) is 1. The van der Waals surface area contributed by atoms with Gasteiger partial charge < -0.3 is 14.6 Å². The molecule has 1 aromatic carbocycles. The Morgan fingerprint density at radius 2 is 1.77 bits per heavy atom. The maximum atomic E-state index is 12.8. The lowest BCUT2D eigenvalue weighted by Crippen LogP contribution is -2.44. The molecule has 5 heteroatoms. The number of amides is 2. The van der Waals surface area contributed by atoms with Gasteiger partial charge in [0.1, 0.15) is 0 Å². The number of likely N-dealkylation sites (tertiary alicyclic amines) is 1. The number of carbonyl (C=O) groups is 2. The van der Waals surface area contributed by atoms with Crippen molar-refractivity contribution in [1.82, 2.24) is 10.2 Å². The fraction of sp³-hybridized carbons (Fsp3) is 0.429. The fourth-order valence-electron chi connectivity index (χ4n) is 3.47. The Bertz CT molecular complexity index is 717. The summed E-state index contributed by atoms with van der Waals surface area (Å²) in [6, 6.07) is 13.5. The average molecular weight is 354 g/mol. The monoisotopic (exact) mass is 354 g/mol. The minimum Gasteiger partial charge on any atom is -0.459 e. The van der Waals surface area contributed by atoms with Gasteiger partial charge in [-0.15, -0.1) is 0 Å². The molecule has 1 aliphatic rings. The number of benzene rings is 1. The largest absolute Gasteiger partial charge is 0.459 e. The summed E-state index contributed by atoms with van der Waals surface area (Å²) in [7, 11) is 0. The smallest absolute Gasteiger partial charge is 0.289 e. The number of carbonyl (C=O) groups excluding carboxylic acids is 2. The van der Waals surface area contributed by atoms with E-state index in [2.05, 4.69) is 31.3 Å². The zero-order valence-corrected chi connectivity index (χ0v) is 15.4. The molecule has 2 heterocycles. The molecule has 26 heavy (non-hydrogen) atoms. The summed E-state index contributed by atoms with van der Waals surface area (Å²) < 4.78 is 5.18. The van der Waals surface area contributed by atoms with Gasteiger partial charge in [-0.2, -0.15) is 0 Å². The Labute approximate surface area is 154 Å². The second kappa shape index (κ2) is 8.21. The van der Waals surface area contributed by atoms with Crippen LogP contribution in [0.1, 0.15) is 48.8 Å². The molecule has 138 valence electrons. The summed E-state index contributed by atoms with van der Waals surface area (Å²) >= 11 is 0. The van der Waals surface area contributed by atoms with E-state index in [1.807, 2.05) is 18.2 Å². The molecule has 0 spiro atoms. The highest BCUT2D eigenvalue weighted by atomic mass is 16.3. The minimum atomic E-state index is -0.0989. The van der Waals surface area contributed by atoms with Gasteiger partial charge in [-0.25, -0.2) is 0 Å². The predicted octanol–water partition coefficient (Wildman–Crippen LogP) is 3.65. The molecule has 0 radical (unpaired) electrons. The molecule has 1 fully saturated rings. The number of furan rings is 1. The molecule has 1 N–H and O–H groups in total. The van der Waals surface area contributed by atoms with Gasteiger partial charge in [0.05, 0.1) is 12.3 Å². The zero-order valence-electron chi connectivity index (χ0n) is 15.4. The van der Waals surface area contributed by atoms with Crippen LogP contribution in [-0.4, -0.2) is 29.8 Å². The first-order chi connectivity index (χ1) is 12.6. The van der Waals surface area contributed by atoms with Crippen LogP contribution in [0.4, 0.5) is 0 Å². The standard InChI is InChI=1S/C21H26N2O3/c1-15(2)19(16-7-4-3-5-8-16)22-20(24)17-10-12-23(13-11-17)21(25)18-9-6-14-26-18/h3-9,14-15,17,19H,10-13H2,1-2H3,(H,22,24). The van der Waals surface area contributed by atoms with Crippen LogP contribution >= 0.6 is 0 Å². The highest BCUT2D eigenvalue weighted by Gasteiger charge is 2.30. The highest BCUT2D eigenvalue weighted by molar-refractivity contribution is 5.91. The first kappa shape index (κ1) is 18.2. The van der Waals surface area contributed by atoms with E-state index in [-0.39, 0.29) is 23.8 Å². The molecule has 1 atom stereocenters. The molecule has 0 aliphatic carbocycles. The van der Waals surface area contributed by atoms with Crippen molar-refractivity contribution >= 4 is 11.8 Å². The lowest BCUT2D eigenvalue weighted by Gasteiger charge is -2.32. The van der Waals surface area contributed by atoms with E-state index in [1.165, 1.54) is 6.26 Å². The normalized spacial score (nSPS) is 16.5. The Morgan fingerprint density at radius 3 is 2.35 bits per heavy atom. The van der Waals surface area contributed by atoms with Gasteiger partial charge in [-0.05, 0) is 36.5 Å². The summed E-state index contributed by atoms with van der Waals surface area (Å²) in [6.07, 6.45) is 2.86. The Kier molecular flexibility index (Phi) is 5.76. The van der Waals surface area contributed by atoms with Crippen molar-refractivity contribution in [2.45, 2.75) is 32.7 Å². The molecule has 1 aliphatic heterocycles. The number of nitrogens with one attached hydrogen (secondary N) is 1. The number of hydrogen-bond donors (Lipinski definition) is 1. The lowest BCUT2D eigenvalue weighted by atomic mass is 9.92. The van der Waals surface area contributed by atoms with E-state index in [0.717, 1.165) is 5.56 Å². The van der Waals surface area contributed by atoms with Crippen molar-refractivity contribution in [2.75, 3.05) is 13.1 Å². The summed E-state index contributed by atoms with van der Waals surface area (Å²) in [4.78, 5) is 26.8. The number of rotatable bonds is 5. The van der Waals surface area contributed by atoms with Gasteiger partial charge in [0.2, 0.25) is 5.91 Å². The van der Waals surface area contributed by atoms with Crippen LogP contribution in [0.15, 0.2) is 53.1 Å². The summed E-state index contributed by atoms with van der Waals surface area (Å²) in [6.45, 7) is 5.38.